The molecule has 2 aromatic carbocycles. The van der Waals surface area contributed by atoms with Crippen molar-refractivity contribution in [1.29, 1.82) is 0 Å². The zero-order valence-electron chi connectivity index (χ0n) is 19.6. The molecule has 1 aliphatic rings. The van der Waals surface area contributed by atoms with Crippen LogP contribution in [0.1, 0.15) is 44.8 Å². The summed E-state index contributed by atoms with van der Waals surface area (Å²) in [4.78, 5) is 4.60. The van der Waals surface area contributed by atoms with Crippen LogP contribution in [0, 0.1) is 0 Å². The Balaban J connectivity index is 1.72. The lowest BCUT2D eigenvalue weighted by molar-refractivity contribution is -0.0166. The Bertz CT molecular complexity index is 788. The molecular weight excluding hydrogens is 386 g/mol. The van der Waals surface area contributed by atoms with Crippen molar-refractivity contribution in [1.82, 2.24) is 10.2 Å². The summed E-state index contributed by atoms with van der Waals surface area (Å²) in [6.45, 7) is 7.61. The number of anilines is 1. The van der Waals surface area contributed by atoms with E-state index in [2.05, 4.69) is 78.5 Å². The van der Waals surface area contributed by atoms with Crippen molar-refractivity contribution in [2.75, 3.05) is 45.2 Å². The van der Waals surface area contributed by atoms with E-state index in [9.17, 15) is 5.11 Å². The van der Waals surface area contributed by atoms with E-state index in [1.807, 2.05) is 19.2 Å². The van der Waals surface area contributed by atoms with Gasteiger partial charge in [-0.2, -0.15) is 0 Å². The molecule has 3 rings (SSSR count). The molecule has 0 aliphatic carbocycles. The van der Waals surface area contributed by atoms with Crippen LogP contribution in [0.2, 0.25) is 0 Å². The summed E-state index contributed by atoms with van der Waals surface area (Å²) in [5.41, 5.74) is 1.69. The SMILES string of the molecule is CNCCC(Oc1ccccc1N1CCC(O)(CN(C)C(C)C)CC1)c1ccccc1. The molecule has 1 atom stereocenters. The molecule has 0 radical (unpaired) electrons. The van der Waals surface area contributed by atoms with Gasteiger partial charge in [0.2, 0.25) is 0 Å². The van der Waals surface area contributed by atoms with Crippen molar-refractivity contribution in [2.45, 2.75) is 50.9 Å². The number of nitrogens with zero attached hydrogens (tertiary/aromatic N) is 2. The molecular formula is C26H39N3O2. The third-order valence-electron chi connectivity index (χ3n) is 6.42. The molecule has 1 saturated heterocycles. The number of hydrogen-bond acceptors (Lipinski definition) is 5. The Kier molecular flexibility index (Phi) is 8.35. The first-order valence-corrected chi connectivity index (χ1v) is 11.5. The smallest absolute Gasteiger partial charge is 0.143 e. The fourth-order valence-electron chi connectivity index (χ4n) is 4.18. The topological polar surface area (TPSA) is 48.0 Å². The summed E-state index contributed by atoms with van der Waals surface area (Å²) in [6.07, 6.45) is 2.42. The third kappa shape index (κ3) is 6.45. The number of nitrogens with one attached hydrogen (secondary N) is 1. The molecule has 1 unspecified atom stereocenters. The van der Waals surface area contributed by atoms with Crippen LogP contribution in [0.5, 0.6) is 5.75 Å². The van der Waals surface area contributed by atoms with E-state index >= 15 is 0 Å². The maximum absolute atomic E-state index is 11.1. The Labute approximate surface area is 188 Å². The summed E-state index contributed by atoms with van der Waals surface area (Å²) >= 11 is 0. The number of rotatable bonds is 10. The Hall–Kier alpha value is -2.08. The van der Waals surface area contributed by atoms with Crippen LogP contribution in [-0.2, 0) is 0 Å². The second-order valence-corrected chi connectivity index (χ2v) is 9.10. The van der Waals surface area contributed by atoms with Crippen molar-refractivity contribution >= 4 is 5.69 Å². The molecule has 0 saturated carbocycles. The number of likely N-dealkylation sites (N-methyl/N-ethyl adjacent to an activating group) is 1. The van der Waals surface area contributed by atoms with Crippen LogP contribution < -0.4 is 15.0 Å². The van der Waals surface area contributed by atoms with E-state index in [4.69, 9.17) is 4.74 Å². The largest absolute Gasteiger partial charge is 0.484 e. The van der Waals surface area contributed by atoms with Gasteiger partial charge in [0.25, 0.3) is 0 Å². The van der Waals surface area contributed by atoms with Gasteiger partial charge in [0.1, 0.15) is 11.9 Å². The summed E-state index contributed by atoms with van der Waals surface area (Å²) < 4.78 is 6.58. The number of piperidine rings is 1. The number of ether oxygens (including phenoxy) is 1. The van der Waals surface area contributed by atoms with Gasteiger partial charge in [-0.25, -0.2) is 0 Å². The molecule has 2 aromatic rings. The standard InChI is InChI=1S/C26H39N3O2/c1-21(2)28(4)20-26(30)15-18-29(19-16-26)23-12-8-9-13-25(23)31-24(14-17-27-3)22-10-6-5-7-11-22/h5-13,21,24,27,30H,14-20H2,1-4H3. The quantitative estimate of drug-likeness (QED) is 0.600. The molecule has 170 valence electrons. The zero-order valence-corrected chi connectivity index (χ0v) is 19.6. The molecule has 1 fully saturated rings. The molecule has 0 amide bonds. The van der Waals surface area contributed by atoms with Crippen LogP contribution in [0.15, 0.2) is 54.6 Å². The van der Waals surface area contributed by atoms with Crippen LogP contribution in [0.4, 0.5) is 5.69 Å². The van der Waals surface area contributed by atoms with Gasteiger partial charge < -0.3 is 25.0 Å². The molecule has 1 aliphatic heterocycles. The first kappa shape index (κ1) is 23.6. The maximum atomic E-state index is 11.1. The van der Waals surface area contributed by atoms with Gasteiger partial charge in [-0.15, -0.1) is 0 Å². The number of para-hydroxylation sites is 2. The van der Waals surface area contributed by atoms with Crippen LogP contribution >= 0.6 is 0 Å². The lowest BCUT2D eigenvalue weighted by atomic mass is 9.90. The van der Waals surface area contributed by atoms with E-state index < -0.39 is 5.60 Å². The lowest BCUT2D eigenvalue weighted by Gasteiger charge is -2.42. The molecule has 0 bridgehead atoms. The average molecular weight is 426 g/mol. The summed E-state index contributed by atoms with van der Waals surface area (Å²) in [5.74, 6) is 0.914. The summed E-state index contributed by atoms with van der Waals surface area (Å²) in [6, 6.07) is 19.2. The average Bonchev–Trinajstić information content (AvgIpc) is 2.78. The van der Waals surface area contributed by atoms with E-state index in [1.54, 1.807) is 0 Å². The minimum atomic E-state index is -0.620. The molecule has 0 spiro atoms. The first-order chi connectivity index (χ1) is 14.9. The van der Waals surface area contributed by atoms with Crippen molar-refractivity contribution < 1.29 is 9.84 Å². The fraction of sp³-hybridized carbons (Fsp3) is 0.538. The van der Waals surface area contributed by atoms with Crippen LogP contribution in [0.25, 0.3) is 0 Å². The normalized spacial score (nSPS) is 17.2. The molecule has 5 nitrogen and oxygen atoms in total. The fourth-order valence-corrected chi connectivity index (χ4v) is 4.18. The predicted octanol–water partition coefficient (Wildman–Crippen LogP) is 4.09. The second kappa shape index (κ2) is 11.0. The van der Waals surface area contributed by atoms with Gasteiger partial charge in [-0.3, -0.25) is 0 Å². The van der Waals surface area contributed by atoms with Gasteiger partial charge in [-0.05, 0) is 65.0 Å². The van der Waals surface area contributed by atoms with Gasteiger partial charge in [-0.1, -0.05) is 42.5 Å². The minimum Gasteiger partial charge on any atom is -0.484 e. The highest BCUT2D eigenvalue weighted by Crippen LogP contribution is 2.36. The van der Waals surface area contributed by atoms with Gasteiger partial charge in [0.05, 0.1) is 11.3 Å². The molecule has 5 heteroatoms. The van der Waals surface area contributed by atoms with Gasteiger partial charge in [0.15, 0.2) is 0 Å². The third-order valence-corrected chi connectivity index (χ3v) is 6.42. The van der Waals surface area contributed by atoms with E-state index in [0.717, 1.165) is 56.9 Å². The number of aliphatic hydroxyl groups is 1. The van der Waals surface area contributed by atoms with Crippen molar-refractivity contribution in [2.24, 2.45) is 0 Å². The summed E-state index contributed by atoms with van der Waals surface area (Å²) in [7, 11) is 4.06. The first-order valence-electron chi connectivity index (χ1n) is 11.5. The monoisotopic (exact) mass is 425 g/mol. The van der Waals surface area contributed by atoms with E-state index in [0.29, 0.717) is 6.04 Å². The van der Waals surface area contributed by atoms with Gasteiger partial charge in [0, 0.05) is 32.1 Å². The maximum Gasteiger partial charge on any atom is 0.143 e. The van der Waals surface area contributed by atoms with Gasteiger partial charge >= 0.3 is 0 Å². The van der Waals surface area contributed by atoms with Crippen molar-refractivity contribution in [3.8, 4) is 5.75 Å². The Morgan fingerprint density at radius 1 is 1.06 bits per heavy atom. The van der Waals surface area contributed by atoms with E-state index in [-0.39, 0.29) is 6.10 Å². The van der Waals surface area contributed by atoms with Crippen molar-refractivity contribution in [3.63, 3.8) is 0 Å². The second-order valence-electron chi connectivity index (χ2n) is 9.10. The predicted molar refractivity (Wildman–Crippen MR) is 129 cm³/mol. The molecule has 0 aromatic heterocycles. The van der Waals surface area contributed by atoms with Crippen LogP contribution in [0.3, 0.4) is 0 Å². The van der Waals surface area contributed by atoms with E-state index in [1.165, 1.54) is 5.56 Å². The van der Waals surface area contributed by atoms with Crippen LogP contribution in [-0.4, -0.2) is 61.9 Å². The zero-order chi connectivity index (χ0) is 22.3. The number of hydrogen-bond donors (Lipinski definition) is 2. The summed E-state index contributed by atoms with van der Waals surface area (Å²) in [5, 5.41) is 14.4. The minimum absolute atomic E-state index is 0.00351. The highest BCUT2D eigenvalue weighted by molar-refractivity contribution is 5.59. The molecule has 2 N–H and O–H groups in total. The highest BCUT2D eigenvalue weighted by atomic mass is 16.5. The molecule has 1 heterocycles. The Morgan fingerprint density at radius 2 is 1.71 bits per heavy atom. The lowest BCUT2D eigenvalue weighted by Crippen LogP contribution is -2.51. The highest BCUT2D eigenvalue weighted by Gasteiger charge is 2.34. The molecule has 31 heavy (non-hydrogen) atoms. The Morgan fingerprint density at radius 3 is 2.35 bits per heavy atom. The number of benzene rings is 2. The van der Waals surface area contributed by atoms with Crippen molar-refractivity contribution in [3.05, 3.63) is 60.2 Å².